The summed E-state index contributed by atoms with van der Waals surface area (Å²) >= 11 is 0. The van der Waals surface area contributed by atoms with Crippen molar-refractivity contribution in [1.82, 2.24) is 10.2 Å². The highest BCUT2D eigenvalue weighted by atomic mass is 35.5. The third kappa shape index (κ3) is 7.46. The lowest BCUT2D eigenvalue weighted by Gasteiger charge is -2.27. The van der Waals surface area contributed by atoms with Crippen LogP contribution in [0.4, 0.5) is 0 Å². The number of rotatable bonds is 9. The van der Waals surface area contributed by atoms with Crippen molar-refractivity contribution in [2.75, 3.05) is 39.3 Å². The molecule has 0 amide bonds. The third-order valence-electron chi connectivity index (χ3n) is 5.80. The monoisotopic (exact) mass is 380 g/mol. The van der Waals surface area contributed by atoms with Crippen molar-refractivity contribution >= 4 is 12.4 Å². The molecule has 0 bridgehead atoms. The first kappa shape index (κ1) is 21.5. The predicted octanol–water partition coefficient (Wildman–Crippen LogP) is 5.00. The van der Waals surface area contributed by atoms with Gasteiger partial charge in [-0.15, -0.1) is 12.4 Å². The van der Waals surface area contributed by atoms with Gasteiger partial charge in [-0.3, -0.25) is 0 Å². The molecule has 1 saturated carbocycles. The van der Waals surface area contributed by atoms with Gasteiger partial charge in [-0.05, 0) is 55.8 Å². The lowest BCUT2D eigenvalue weighted by molar-refractivity contribution is 0.234. The molecule has 1 saturated heterocycles. The second-order valence-corrected chi connectivity index (χ2v) is 7.76. The van der Waals surface area contributed by atoms with Crippen LogP contribution in [-0.2, 0) is 0 Å². The number of benzene rings is 1. The maximum Gasteiger partial charge on any atom is 0.119 e. The first-order chi connectivity index (χ1) is 12.4. The number of halogens is 1. The van der Waals surface area contributed by atoms with Crippen LogP contribution >= 0.6 is 12.4 Å². The lowest BCUT2D eigenvalue weighted by Crippen LogP contribution is -2.43. The van der Waals surface area contributed by atoms with Gasteiger partial charge in [-0.1, -0.05) is 44.2 Å². The van der Waals surface area contributed by atoms with Gasteiger partial charge in [-0.25, -0.2) is 0 Å². The van der Waals surface area contributed by atoms with Gasteiger partial charge in [0.25, 0.3) is 0 Å². The quantitative estimate of drug-likeness (QED) is 0.610. The molecular weight excluding hydrogens is 344 g/mol. The molecule has 2 aliphatic rings. The largest absolute Gasteiger partial charge is 0.494 e. The molecule has 3 nitrogen and oxygen atoms in total. The summed E-state index contributed by atoms with van der Waals surface area (Å²) in [5.41, 5.74) is 1.51. The molecule has 1 aromatic rings. The fourth-order valence-corrected chi connectivity index (χ4v) is 4.19. The Morgan fingerprint density at radius 2 is 1.58 bits per heavy atom. The number of hydrogen-bond acceptors (Lipinski definition) is 3. The van der Waals surface area contributed by atoms with E-state index in [0.29, 0.717) is 0 Å². The normalized spacial score (nSPS) is 19.1. The van der Waals surface area contributed by atoms with Gasteiger partial charge >= 0.3 is 0 Å². The van der Waals surface area contributed by atoms with E-state index in [1.807, 2.05) is 0 Å². The number of hydrogen-bond donors (Lipinski definition) is 1. The van der Waals surface area contributed by atoms with E-state index in [-0.39, 0.29) is 12.4 Å². The summed E-state index contributed by atoms with van der Waals surface area (Å²) in [5.74, 6) is 1.83. The van der Waals surface area contributed by atoms with E-state index in [0.717, 1.165) is 31.4 Å². The number of nitrogens with zero attached hydrogens (tertiary/aromatic N) is 1. The molecule has 0 atom stereocenters. The minimum atomic E-state index is 0. The Morgan fingerprint density at radius 1 is 0.885 bits per heavy atom. The Hall–Kier alpha value is -0.770. The average Bonchev–Trinajstić information content (AvgIpc) is 2.69. The zero-order valence-electron chi connectivity index (χ0n) is 16.3. The zero-order chi connectivity index (χ0) is 17.2. The molecule has 0 unspecified atom stereocenters. The van der Waals surface area contributed by atoms with Gasteiger partial charge in [0.2, 0.25) is 0 Å². The van der Waals surface area contributed by atoms with Crippen molar-refractivity contribution in [2.45, 2.75) is 63.7 Å². The third-order valence-corrected chi connectivity index (χ3v) is 5.80. The minimum absolute atomic E-state index is 0. The van der Waals surface area contributed by atoms with Crippen LogP contribution in [0.1, 0.15) is 69.3 Å². The van der Waals surface area contributed by atoms with Crippen LogP contribution in [0.15, 0.2) is 24.3 Å². The van der Waals surface area contributed by atoms with Crippen LogP contribution < -0.4 is 10.1 Å². The lowest BCUT2D eigenvalue weighted by atomic mass is 9.84. The van der Waals surface area contributed by atoms with Gasteiger partial charge in [0.05, 0.1) is 6.61 Å². The summed E-state index contributed by atoms with van der Waals surface area (Å²) in [7, 11) is 0. The van der Waals surface area contributed by atoms with Gasteiger partial charge in [0.1, 0.15) is 5.75 Å². The van der Waals surface area contributed by atoms with Crippen LogP contribution in [0.3, 0.4) is 0 Å². The smallest absolute Gasteiger partial charge is 0.119 e. The van der Waals surface area contributed by atoms with Gasteiger partial charge in [-0.2, -0.15) is 0 Å². The Labute approximate surface area is 166 Å². The molecule has 148 valence electrons. The van der Waals surface area contributed by atoms with Crippen molar-refractivity contribution in [3.63, 3.8) is 0 Å². The van der Waals surface area contributed by atoms with Gasteiger partial charge < -0.3 is 15.0 Å². The standard InChI is InChI=1S/C22H36N2O.ClH/c1(6-16-24-17-14-23-15-18-24)2-7-19-25-22-12-10-21(11-13-22)20-8-4-3-5-9-20;/h10-13,20,23H,1-9,14-19H2;1H. The van der Waals surface area contributed by atoms with E-state index in [4.69, 9.17) is 4.74 Å². The molecule has 0 radical (unpaired) electrons. The van der Waals surface area contributed by atoms with Crippen LogP contribution in [-0.4, -0.2) is 44.2 Å². The van der Waals surface area contributed by atoms with E-state index >= 15 is 0 Å². The Balaban J connectivity index is 0.00000243. The highest BCUT2D eigenvalue weighted by Gasteiger charge is 2.15. The van der Waals surface area contributed by atoms with Crippen LogP contribution in [0.25, 0.3) is 0 Å². The molecule has 1 aromatic carbocycles. The number of piperazine rings is 1. The van der Waals surface area contributed by atoms with E-state index in [1.165, 1.54) is 83.0 Å². The van der Waals surface area contributed by atoms with Gasteiger partial charge in [0.15, 0.2) is 0 Å². The highest BCUT2D eigenvalue weighted by molar-refractivity contribution is 5.85. The maximum absolute atomic E-state index is 5.93. The van der Waals surface area contributed by atoms with Gasteiger partial charge in [0, 0.05) is 26.2 Å². The van der Waals surface area contributed by atoms with E-state index in [2.05, 4.69) is 34.5 Å². The molecule has 1 heterocycles. The van der Waals surface area contributed by atoms with Crippen LogP contribution in [0.2, 0.25) is 0 Å². The number of nitrogens with one attached hydrogen (secondary N) is 1. The topological polar surface area (TPSA) is 24.5 Å². The fraction of sp³-hybridized carbons (Fsp3) is 0.727. The molecule has 26 heavy (non-hydrogen) atoms. The first-order valence-corrected chi connectivity index (χ1v) is 10.6. The summed E-state index contributed by atoms with van der Waals surface area (Å²) in [6, 6.07) is 8.93. The molecule has 2 fully saturated rings. The summed E-state index contributed by atoms with van der Waals surface area (Å²) in [6.07, 6.45) is 12.1. The van der Waals surface area contributed by atoms with Crippen molar-refractivity contribution in [3.8, 4) is 5.75 Å². The first-order valence-electron chi connectivity index (χ1n) is 10.6. The SMILES string of the molecule is Cl.c1cc(C2CCCCC2)ccc1OCCCCCCN1CCNCC1. The second kappa shape index (κ2) is 12.6. The molecule has 1 N–H and O–H groups in total. The summed E-state index contributed by atoms with van der Waals surface area (Å²) in [5, 5.41) is 3.41. The zero-order valence-corrected chi connectivity index (χ0v) is 17.1. The van der Waals surface area contributed by atoms with E-state index < -0.39 is 0 Å². The van der Waals surface area contributed by atoms with Crippen LogP contribution in [0.5, 0.6) is 5.75 Å². The Morgan fingerprint density at radius 3 is 2.31 bits per heavy atom. The number of ether oxygens (including phenoxy) is 1. The maximum atomic E-state index is 5.93. The van der Waals surface area contributed by atoms with E-state index in [1.54, 1.807) is 0 Å². The van der Waals surface area contributed by atoms with Crippen molar-refractivity contribution in [1.29, 1.82) is 0 Å². The van der Waals surface area contributed by atoms with Crippen LogP contribution in [0, 0.1) is 0 Å². The molecular formula is C22H37ClN2O. The summed E-state index contributed by atoms with van der Waals surface area (Å²) < 4.78 is 5.93. The number of unbranched alkanes of at least 4 members (excludes halogenated alkanes) is 3. The Kier molecular flexibility index (Phi) is 10.4. The molecule has 0 aromatic heterocycles. The van der Waals surface area contributed by atoms with E-state index in [9.17, 15) is 0 Å². The van der Waals surface area contributed by atoms with Crippen molar-refractivity contribution < 1.29 is 4.74 Å². The molecule has 3 rings (SSSR count). The highest BCUT2D eigenvalue weighted by Crippen LogP contribution is 2.33. The molecule has 4 heteroatoms. The Bertz CT molecular complexity index is 468. The average molecular weight is 381 g/mol. The summed E-state index contributed by atoms with van der Waals surface area (Å²) in [4.78, 5) is 2.58. The fourth-order valence-electron chi connectivity index (χ4n) is 4.19. The molecule has 1 aliphatic heterocycles. The van der Waals surface area contributed by atoms with Crippen molar-refractivity contribution in [2.24, 2.45) is 0 Å². The molecule has 0 spiro atoms. The summed E-state index contributed by atoms with van der Waals surface area (Å²) in [6.45, 7) is 6.89. The minimum Gasteiger partial charge on any atom is -0.494 e. The van der Waals surface area contributed by atoms with Crippen molar-refractivity contribution in [3.05, 3.63) is 29.8 Å². The molecule has 1 aliphatic carbocycles. The predicted molar refractivity (Wildman–Crippen MR) is 113 cm³/mol. The second-order valence-electron chi connectivity index (χ2n) is 7.76.